The van der Waals surface area contributed by atoms with Crippen molar-refractivity contribution < 1.29 is 13.9 Å². The molecule has 0 N–H and O–H groups in total. The number of hydrogen-bond acceptors (Lipinski definition) is 4. The van der Waals surface area contributed by atoms with E-state index in [4.69, 9.17) is 14.6 Å². The number of aryl methyl sites for hydroxylation is 1. The van der Waals surface area contributed by atoms with Crippen LogP contribution in [-0.4, -0.2) is 48.6 Å². The van der Waals surface area contributed by atoms with Gasteiger partial charge < -0.3 is 9.47 Å². The Hall–Kier alpha value is -2.70. The molecule has 0 aliphatic carbocycles. The zero-order valence-electron chi connectivity index (χ0n) is 18.5. The van der Waals surface area contributed by atoms with Gasteiger partial charge in [0, 0.05) is 37.5 Å². The lowest BCUT2D eigenvalue weighted by Crippen LogP contribution is -2.36. The molecule has 0 spiro atoms. The molecule has 0 amide bonds. The number of rotatable bonds is 7. The zero-order valence-corrected chi connectivity index (χ0v) is 18.5. The fourth-order valence-electron chi connectivity index (χ4n) is 4.43. The molecule has 2 heterocycles. The van der Waals surface area contributed by atoms with E-state index in [0.29, 0.717) is 5.92 Å². The van der Waals surface area contributed by atoms with Crippen LogP contribution in [0.1, 0.15) is 24.0 Å². The molecule has 4 rings (SSSR count). The third-order valence-corrected chi connectivity index (χ3v) is 5.98. The minimum absolute atomic E-state index is 0.238. The molecule has 1 aliphatic heterocycles. The Balaban J connectivity index is 1.70. The highest BCUT2D eigenvalue weighted by atomic mass is 19.1. The first kappa shape index (κ1) is 21.5. The average molecular weight is 424 g/mol. The van der Waals surface area contributed by atoms with E-state index < -0.39 is 0 Å². The average Bonchev–Trinajstić information content (AvgIpc) is 3.18. The summed E-state index contributed by atoms with van der Waals surface area (Å²) in [5.41, 5.74) is 4.82. The summed E-state index contributed by atoms with van der Waals surface area (Å²) in [6, 6.07) is 13.2. The van der Waals surface area contributed by atoms with E-state index in [2.05, 4.69) is 30.2 Å². The lowest BCUT2D eigenvalue weighted by Gasteiger charge is -2.32. The van der Waals surface area contributed by atoms with E-state index in [1.807, 2.05) is 22.9 Å². The van der Waals surface area contributed by atoms with Crippen LogP contribution in [0.25, 0.3) is 16.9 Å². The van der Waals surface area contributed by atoms with Crippen molar-refractivity contribution in [3.63, 3.8) is 0 Å². The van der Waals surface area contributed by atoms with Crippen molar-refractivity contribution in [1.29, 1.82) is 0 Å². The highest BCUT2D eigenvalue weighted by Crippen LogP contribution is 2.30. The van der Waals surface area contributed by atoms with Gasteiger partial charge in [0.25, 0.3) is 0 Å². The maximum Gasteiger partial charge on any atom is 0.165 e. The van der Waals surface area contributed by atoms with E-state index in [1.54, 1.807) is 13.2 Å². The lowest BCUT2D eigenvalue weighted by molar-refractivity contribution is 0.0874. The van der Waals surface area contributed by atoms with Gasteiger partial charge in [0.2, 0.25) is 0 Å². The molecule has 31 heavy (non-hydrogen) atoms. The Morgan fingerprint density at radius 3 is 2.74 bits per heavy atom. The molecule has 6 heteroatoms. The SMILES string of the molecule is COC[C@@H]1CCCN(Cc2cn(-c3ccccc3C)nc2-c2ccc(OC)c(F)c2)C1. The van der Waals surface area contributed by atoms with E-state index in [-0.39, 0.29) is 11.6 Å². The summed E-state index contributed by atoms with van der Waals surface area (Å²) in [6.07, 6.45) is 4.44. The van der Waals surface area contributed by atoms with Gasteiger partial charge in [-0.05, 0) is 62.1 Å². The molecule has 1 fully saturated rings. The first-order valence-electron chi connectivity index (χ1n) is 10.8. The second-order valence-electron chi connectivity index (χ2n) is 8.28. The Kier molecular flexibility index (Phi) is 6.68. The van der Waals surface area contributed by atoms with Crippen LogP contribution in [0.2, 0.25) is 0 Å². The van der Waals surface area contributed by atoms with Crippen LogP contribution in [0.15, 0.2) is 48.7 Å². The number of piperidine rings is 1. The van der Waals surface area contributed by atoms with Crippen LogP contribution in [0, 0.1) is 18.7 Å². The maximum atomic E-state index is 14.5. The quantitative estimate of drug-likeness (QED) is 0.544. The minimum atomic E-state index is -0.380. The number of aromatic nitrogens is 2. The fraction of sp³-hybridized carbons (Fsp3) is 0.400. The maximum absolute atomic E-state index is 14.5. The van der Waals surface area contributed by atoms with Crippen LogP contribution in [0.4, 0.5) is 4.39 Å². The predicted molar refractivity (Wildman–Crippen MR) is 120 cm³/mol. The number of para-hydroxylation sites is 1. The number of hydrogen-bond donors (Lipinski definition) is 0. The van der Waals surface area contributed by atoms with Crippen LogP contribution in [-0.2, 0) is 11.3 Å². The van der Waals surface area contributed by atoms with Crippen LogP contribution >= 0.6 is 0 Å². The van der Waals surface area contributed by atoms with Gasteiger partial charge in [0.15, 0.2) is 11.6 Å². The van der Waals surface area contributed by atoms with Gasteiger partial charge >= 0.3 is 0 Å². The van der Waals surface area contributed by atoms with Crippen molar-refractivity contribution in [3.05, 3.63) is 65.6 Å². The molecule has 0 bridgehead atoms. The van der Waals surface area contributed by atoms with Crippen molar-refractivity contribution in [3.8, 4) is 22.7 Å². The molecule has 2 aromatic carbocycles. The topological polar surface area (TPSA) is 39.5 Å². The van der Waals surface area contributed by atoms with Crippen molar-refractivity contribution >= 4 is 0 Å². The third-order valence-electron chi connectivity index (χ3n) is 5.98. The summed E-state index contributed by atoms with van der Waals surface area (Å²) in [6.45, 7) is 5.68. The lowest BCUT2D eigenvalue weighted by atomic mass is 9.98. The van der Waals surface area contributed by atoms with Crippen LogP contribution < -0.4 is 4.74 Å². The monoisotopic (exact) mass is 423 g/mol. The van der Waals surface area contributed by atoms with Crippen molar-refractivity contribution in [2.24, 2.45) is 5.92 Å². The molecular formula is C25H30FN3O2. The molecule has 1 aliphatic rings. The fourth-order valence-corrected chi connectivity index (χ4v) is 4.43. The van der Waals surface area contributed by atoms with Gasteiger partial charge in [-0.2, -0.15) is 5.10 Å². The molecule has 1 aromatic heterocycles. The summed E-state index contributed by atoms with van der Waals surface area (Å²) in [5.74, 6) is 0.406. The van der Waals surface area contributed by atoms with Crippen molar-refractivity contribution in [1.82, 2.24) is 14.7 Å². The summed E-state index contributed by atoms with van der Waals surface area (Å²) < 4.78 is 26.9. The highest BCUT2D eigenvalue weighted by molar-refractivity contribution is 5.64. The normalized spacial score (nSPS) is 17.1. The number of likely N-dealkylation sites (tertiary alicyclic amines) is 1. The standard InChI is InChI=1S/C25H30FN3O2/c1-18-7-4-5-9-23(18)29-16-21(15-28-12-6-8-19(14-28)17-30-2)25(27-29)20-10-11-24(31-3)22(26)13-20/h4-5,7,9-11,13,16,19H,6,8,12,14-15,17H2,1-3H3/t19-/m1/s1. The Morgan fingerprint density at radius 1 is 1.16 bits per heavy atom. The van der Waals surface area contributed by atoms with Crippen LogP contribution in [0.3, 0.4) is 0 Å². The Morgan fingerprint density at radius 2 is 2.00 bits per heavy atom. The number of benzene rings is 2. The van der Waals surface area contributed by atoms with E-state index in [1.165, 1.54) is 19.6 Å². The number of methoxy groups -OCH3 is 2. The number of nitrogens with zero attached hydrogens (tertiary/aromatic N) is 3. The van der Waals surface area contributed by atoms with Gasteiger partial charge in [-0.15, -0.1) is 0 Å². The minimum Gasteiger partial charge on any atom is -0.494 e. The summed E-state index contributed by atoms with van der Waals surface area (Å²) in [4.78, 5) is 2.45. The zero-order chi connectivity index (χ0) is 21.8. The summed E-state index contributed by atoms with van der Waals surface area (Å²) in [5, 5.41) is 4.89. The summed E-state index contributed by atoms with van der Waals surface area (Å²) in [7, 11) is 3.24. The largest absolute Gasteiger partial charge is 0.494 e. The molecule has 1 saturated heterocycles. The van der Waals surface area contributed by atoms with Gasteiger partial charge in [0.1, 0.15) is 0 Å². The molecule has 0 unspecified atom stereocenters. The van der Waals surface area contributed by atoms with E-state index in [9.17, 15) is 4.39 Å². The molecule has 3 aromatic rings. The molecule has 0 radical (unpaired) electrons. The van der Waals surface area contributed by atoms with Crippen molar-refractivity contribution in [2.45, 2.75) is 26.3 Å². The number of ether oxygens (including phenoxy) is 2. The van der Waals surface area contributed by atoms with Gasteiger partial charge in [-0.25, -0.2) is 9.07 Å². The molecule has 0 saturated carbocycles. The van der Waals surface area contributed by atoms with Gasteiger partial charge in [0.05, 0.1) is 25.1 Å². The molecule has 5 nitrogen and oxygen atoms in total. The van der Waals surface area contributed by atoms with E-state index >= 15 is 0 Å². The second-order valence-corrected chi connectivity index (χ2v) is 8.28. The Labute approximate surface area is 183 Å². The predicted octanol–water partition coefficient (Wildman–Crippen LogP) is 4.85. The van der Waals surface area contributed by atoms with Gasteiger partial charge in [-0.3, -0.25) is 4.90 Å². The highest BCUT2D eigenvalue weighted by Gasteiger charge is 2.23. The smallest absolute Gasteiger partial charge is 0.165 e. The first-order valence-corrected chi connectivity index (χ1v) is 10.8. The third kappa shape index (κ3) is 4.81. The Bertz CT molecular complexity index is 1030. The molecular weight excluding hydrogens is 393 g/mol. The number of halogens is 1. The van der Waals surface area contributed by atoms with Crippen molar-refractivity contribution in [2.75, 3.05) is 33.9 Å². The van der Waals surface area contributed by atoms with Gasteiger partial charge in [-0.1, -0.05) is 18.2 Å². The molecule has 164 valence electrons. The molecule has 1 atom stereocenters. The second kappa shape index (κ2) is 9.62. The first-order chi connectivity index (χ1) is 15.1. The van der Waals surface area contributed by atoms with Crippen LogP contribution in [0.5, 0.6) is 5.75 Å². The summed E-state index contributed by atoms with van der Waals surface area (Å²) >= 11 is 0. The van der Waals surface area contributed by atoms with E-state index in [0.717, 1.165) is 60.7 Å².